The van der Waals surface area contributed by atoms with Gasteiger partial charge in [0, 0.05) is 29.8 Å². The summed E-state index contributed by atoms with van der Waals surface area (Å²) in [5, 5.41) is 3.25. The van der Waals surface area contributed by atoms with Crippen LogP contribution in [0.1, 0.15) is 18.9 Å². The van der Waals surface area contributed by atoms with Crippen molar-refractivity contribution in [2.45, 2.75) is 26.3 Å². The van der Waals surface area contributed by atoms with Crippen molar-refractivity contribution < 1.29 is 8.78 Å². The lowest BCUT2D eigenvalue weighted by Crippen LogP contribution is -2.27. The van der Waals surface area contributed by atoms with Crippen molar-refractivity contribution in [3.05, 3.63) is 22.3 Å². The van der Waals surface area contributed by atoms with Crippen LogP contribution < -0.4 is 10.2 Å². The van der Waals surface area contributed by atoms with Crippen LogP contribution in [-0.4, -0.2) is 31.5 Å². The van der Waals surface area contributed by atoms with Gasteiger partial charge in [-0.3, -0.25) is 0 Å². The predicted molar refractivity (Wildman–Crippen MR) is 73.2 cm³/mol. The molecular weight excluding hydrogens is 304 g/mol. The fourth-order valence-corrected chi connectivity index (χ4v) is 2.02. The Balaban J connectivity index is 2.81. The summed E-state index contributed by atoms with van der Waals surface area (Å²) in [7, 11) is 1.63. The summed E-state index contributed by atoms with van der Waals surface area (Å²) >= 11 is 3.35. The van der Waals surface area contributed by atoms with Gasteiger partial charge >= 0.3 is 0 Å². The Morgan fingerprint density at radius 2 is 2.22 bits per heavy atom. The van der Waals surface area contributed by atoms with E-state index < -0.39 is 6.43 Å². The highest BCUT2D eigenvalue weighted by molar-refractivity contribution is 9.10. The Bertz CT molecular complexity index is 374. The molecule has 0 aliphatic heterocycles. The molecule has 3 nitrogen and oxygen atoms in total. The third-order valence-electron chi connectivity index (χ3n) is 2.43. The first-order valence-corrected chi connectivity index (χ1v) is 6.68. The standard InChI is InChI=1S/C12H18BrF2N3/c1-3-4-16-6-9-5-10(13)7-17-12(9)18(2)8-11(14)15/h5,7,11,16H,3-4,6,8H2,1-2H3. The summed E-state index contributed by atoms with van der Waals surface area (Å²) in [5.41, 5.74) is 0.918. The maximum absolute atomic E-state index is 12.4. The van der Waals surface area contributed by atoms with E-state index in [1.54, 1.807) is 13.2 Å². The van der Waals surface area contributed by atoms with E-state index in [0.29, 0.717) is 12.4 Å². The summed E-state index contributed by atoms with van der Waals surface area (Å²) < 4.78 is 25.6. The zero-order chi connectivity index (χ0) is 13.5. The molecule has 0 atom stereocenters. The quantitative estimate of drug-likeness (QED) is 0.782. The normalized spacial score (nSPS) is 11.0. The Morgan fingerprint density at radius 3 is 2.83 bits per heavy atom. The summed E-state index contributed by atoms with van der Waals surface area (Å²) in [5.74, 6) is 0.599. The Hall–Kier alpha value is -0.750. The number of nitrogens with one attached hydrogen (secondary N) is 1. The molecule has 1 heterocycles. The van der Waals surface area contributed by atoms with Crippen LogP contribution in [0.4, 0.5) is 14.6 Å². The van der Waals surface area contributed by atoms with Gasteiger partial charge in [-0.05, 0) is 35.0 Å². The molecule has 0 saturated heterocycles. The van der Waals surface area contributed by atoms with Crippen LogP contribution >= 0.6 is 15.9 Å². The van der Waals surface area contributed by atoms with Gasteiger partial charge in [0.15, 0.2) is 0 Å². The summed E-state index contributed by atoms with van der Waals surface area (Å²) in [6.07, 6.45) is 0.293. The van der Waals surface area contributed by atoms with Gasteiger partial charge in [-0.25, -0.2) is 13.8 Å². The van der Waals surface area contributed by atoms with Gasteiger partial charge in [-0.15, -0.1) is 0 Å². The molecule has 0 aliphatic rings. The van der Waals surface area contributed by atoms with Gasteiger partial charge in [-0.2, -0.15) is 0 Å². The Labute approximate surface area is 115 Å². The smallest absolute Gasteiger partial charge is 0.255 e. The average Bonchev–Trinajstić information content (AvgIpc) is 2.28. The number of aromatic nitrogens is 1. The molecule has 0 fully saturated rings. The van der Waals surface area contributed by atoms with E-state index in [2.05, 4.69) is 33.2 Å². The minimum absolute atomic E-state index is 0.310. The van der Waals surface area contributed by atoms with Crippen molar-refractivity contribution in [2.24, 2.45) is 0 Å². The first kappa shape index (κ1) is 15.3. The van der Waals surface area contributed by atoms with Gasteiger partial charge in [-0.1, -0.05) is 6.92 Å². The second kappa shape index (κ2) is 7.63. The van der Waals surface area contributed by atoms with E-state index in [1.807, 2.05) is 6.07 Å². The summed E-state index contributed by atoms with van der Waals surface area (Å²) in [6, 6.07) is 1.91. The highest BCUT2D eigenvalue weighted by Gasteiger charge is 2.13. The van der Waals surface area contributed by atoms with E-state index in [0.717, 1.165) is 23.0 Å². The summed E-state index contributed by atoms with van der Waals surface area (Å²) in [6.45, 7) is 3.29. The Morgan fingerprint density at radius 1 is 1.50 bits per heavy atom. The van der Waals surface area contributed by atoms with E-state index >= 15 is 0 Å². The van der Waals surface area contributed by atoms with E-state index in [-0.39, 0.29) is 6.54 Å². The fourth-order valence-electron chi connectivity index (χ4n) is 1.64. The largest absolute Gasteiger partial charge is 0.354 e. The molecule has 0 spiro atoms. The number of rotatable bonds is 7. The zero-order valence-corrected chi connectivity index (χ0v) is 12.2. The van der Waals surface area contributed by atoms with Crippen molar-refractivity contribution in [2.75, 3.05) is 25.0 Å². The second-order valence-corrected chi connectivity index (χ2v) is 5.00. The molecule has 18 heavy (non-hydrogen) atoms. The topological polar surface area (TPSA) is 28.2 Å². The molecule has 1 N–H and O–H groups in total. The van der Waals surface area contributed by atoms with Gasteiger partial charge < -0.3 is 10.2 Å². The first-order chi connectivity index (χ1) is 8.54. The lowest BCUT2D eigenvalue weighted by molar-refractivity contribution is 0.156. The highest BCUT2D eigenvalue weighted by atomic mass is 79.9. The molecule has 0 bridgehead atoms. The number of alkyl halides is 2. The van der Waals surface area contributed by atoms with Crippen LogP contribution in [0.25, 0.3) is 0 Å². The minimum atomic E-state index is -2.36. The van der Waals surface area contributed by atoms with Crippen molar-refractivity contribution in [1.29, 1.82) is 0 Å². The van der Waals surface area contributed by atoms with Crippen LogP contribution in [-0.2, 0) is 6.54 Å². The first-order valence-electron chi connectivity index (χ1n) is 5.89. The molecular formula is C12H18BrF2N3. The monoisotopic (exact) mass is 321 g/mol. The van der Waals surface area contributed by atoms with Gasteiger partial charge in [0.2, 0.25) is 0 Å². The molecule has 0 radical (unpaired) electrons. The lowest BCUT2D eigenvalue weighted by Gasteiger charge is -2.21. The van der Waals surface area contributed by atoms with Crippen molar-refractivity contribution in [3.8, 4) is 0 Å². The Kier molecular flexibility index (Phi) is 6.49. The number of anilines is 1. The third-order valence-corrected chi connectivity index (χ3v) is 2.86. The molecule has 0 aliphatic carbocycles. The van der Waals surface area contributed by atoms with Crippen LogP contribution in [0.3, 0.4) is 0 Å². The molecule has 0 unspecified atom stereocenters. The molecule has 1 aromatic heterocycles. The van der Waals surface area contributed by atoms with Crippen molar-refractivity contribution >= 4 is 21.7 Å². The summed E-state index contributed by atoms with van der Waals surface area (Å²) in [4.78, 5) is 5.70. The SMILES string of the molecule is CCCNCc1cc(Br)cnc1N(C)CC(F)F. The number of nitrogens with zero attached hydrogens (tertiary/aromatic N) is 2. The lowest BCUT2D eigenvalue weighted by atomic mass is 10.2. The van der Waals surface area contributed by atoms with E-state index in [1.165, 1.54) is 4.90 Å². The molecule has 1 rings (SSSR count). The van der Waals surface area contributed by atoms with E-state index in [4.69, 9.17) is 0 Å². The highest BCUT2D eigenvalue weighted by Crippen LogP contribution is 2.21. The van der Waals surface area contributed by atoms with Gasteiger partial charge in [0.1, 0.15) is 5.82 Å². The van der Waals surface area contributed by atoms with Crippen LogP contribution in [0, 0.1) is 0 Å². The predicted octanol–water partition coefficient (Wildman–Crippen LogP) is 3.05. The minimum Gasteiger partial charge on any atom is -0.354 e. The molecule has 0 amide bonds. The van der Waals surface area contributed by atoms with Gasteiger partial charge in [0.05, 0.1) is 6.54 Å². The number of pyridine rings is 1. The molecule has 102 valence electrons. The zero-order valence-electron chi connectivity index (χ0n) is 10.6. The van der Waals surface area contributed by atoms with Gasteiger partial charge in [0.25, 0.3) is 6.43 Å². The fraction of sp³-hybridized carbons (Fsp3) is 0.583. The maximum Gasteiger partial charge on any atom is 0.255 e. The molecule has 1 aromatic rings. The van der Waals surface area contributed by atoms with E-state index in [9.17, 15) is 8.78 Å². The second-order valence-electron chi connectivity index (χ2n) is 4.08. The number of hydrogen-bond donors (Lipinski definition) is 1. The maximum atomic E-state index is 12.4. The van der Waals surface area contributed by atoms with Crippen LogP contribution in [0.15, 0.2) is 16.7 Å². The van der Waals surface area contributed by atoms with Crippen LogP contribution in [0.5, 0.6) is 0 Å². The van der Waals surface area contributed by atoms with Crippen LogP contribution in [0.2, 0.25) is 0 Å². The van der Waals surface area contributed by atoms with Crippen molar-refractivity contribution in [1.82, 2.24) is 10.3 Å². The number of halogens is 3. The average molecular weight is 322 g/mol. The third kappa shape index (κ3) is 4.86. The number of hydrogen-bond acceptors (Lipinski definition) is 3. The molecule has 0 aromatic carbocycles. The van der Waals surface area contributed by atoms with Crippen molar-refractivity contribution in [3.63, 3.8) is 0 Å². The molecule has 6 heteroatoms. The molecule has 0 saturated carbocycles.